The molecule has 0 saturated carbocycles. The second-order valence-electron chi connectivity index (χ2n) is 4.32. The number of pyridine rings is 1. The number of halogens is 1. The van der Waals surface area contributed by atoms with Gasteiger partial charge in [0.2, 0.25) is 0 Å². The second kappa shape index (κ2) is 6.29. The Balaban J connectivity index is 2.02. The Kier molecular flexibility index (Phi) is 4.47. The fraction of sp³-hybridized carbons (Fsp3) is 0.267. The highest BCUT2D eigenvalue weighted by Gasteiger charge is 2.09. The highest BCUT2D eigenvalue weighted by Crippen LogP contribution is 2.22. The minimum absolute atomic E-state index is 0.0940. The number of hydrogen-bond donors (Lipinski definition) is 1. The molecule has 1 aromatic heterocycles. The predicted octanol–water partition coefficient (Wildman–Crippen LogP) is 3.08. The summed E-state index contributed by atoms with van der Waals surface area (Å²) in [5.74, 6) is -0.0767. The standard InChI is InChI=1S/C15H17FN2O/c1-11(18-10-13-5-3-4-8-17-13)12-6-7-14(16)15(9-12)19-2/h3-9,11,18H,10H2,1-2H3. The molecule has 2 aromatic rings. The molecule has 0 aliphatic carbocycles. The molecule has 0 radical (unpaired) electrons. The number of methoxy groups -OCH3 is 1. The minimum atomic E-state index is -0.344. The first-order valence-corrected chi connectivity index (χ1v) is 6.17. The third kappa shape index (κ3) is 3.51. The molecular weight excluding hydrogens is 243 g/mol. The smallest absolute Gasteiger partial charge is 0.165 e. The van der Waals surface area contributed by atoms with E-state index in [4.69, 9.17) is 4.74 Å². The summed E-state index contributed by atoms with van der Waals surface area (Å²) in [7, 11) is 1.47. The Morgan fingerprint density at radius 1 is 1.32 bits per heavy atom. The van der Waals surface area contributed by atoms with Crippen LogP contribution in [0, 0.1) is 5.82 Å². The van der Waals surface area contributed by atoms with Gasteiger partial charge in [0.15, 0.2) is 11.6 Å². The first kappa shape index (κ1) is 13.5. The van der Waals surface area contributed by atoms with Gasteiger partial charge in [-0.15, -0.1) is 0 Å². The molecule has 0 amide bonds. The summed E-state index contributed by atoms with van der Waals surface area (Å²) in [6.45, 7) is 2.69. The number of nitrogens with one attached hydrogen (secondary N) is 1. The molecule has 0 fully saturated rings. The van der Waals surface area contributed by atoms with Gasteiger partial charge in [-0.05, 0) is 36.8 Å². The molecule has 0 saturated heterocycles. The number of nitrogens with zero attached hydrogens (tertiary/aromatic N) is 1. The van der Waals surface area contributed by atoms with E-state index in [2.05, 4.69) is 10.3 Å². The lowest BCUT2D eigenvalue weighted by Crippen LogP contribution is -2.18. The number of rotatable bonds is 5. The normalized spacial score (nSPS) is 12.2. The first-order chi connectivity index (χ1) is 9.20. The molecule has 1 unspecified atom stereocenters. The van der Waals surface area contributed by atoms with Crippen LogP contribution in [0.3, 0.4) is 0 Å². The third-order valence-electron chi connectivity index (χ3n) is 2.99. The number of hydrogen-bond acceptors (Lipinski definition) is 3. The van der Waals surface area contributed by atoms with Crippen molar-refractivity contribution in [2.75, 3.05) is 7.11 Å². The first-order valence-electron chi connectivity index (χ1n) is 6.17. The van der Waals surface area contributed by atoms with E-state index in [0.717, 1.165) is 11.3 Å². The van der Waals surface area contributed by atoms with Crippen LogP contribution in [0.5, 0.6) is 5.75 Å². The predicted molar refractivity (Wildman–Crippen MR) is 72.4 cm³/mol. The van der Waals surface area contributed by atoms with Gasteiger partial charge >= 0.3 is 0 Å². The molecule has 1 atom stereocenters. The SMILES string of the molecule is COc1cc(C(C)NCc2ccccn2)ccc1F. The van der Waals surface area contributed by atoms with Crippen molar-refractivity contribution in [3.05, 3.63) is 59.7 Å². The molecule has 0 aliphatic heterocycles. The van der Waals surface area contributed by atoms with E-state index in [1.54, 1.807) is 18.3 Å². The summed E-state index contributed by atoms with van der Waals surface area (Å²) < 4.78 is 18.3. The second-order valence-corrected chi connectivity index (χ2v) is 4.32. The van der Waals surface area contributed by atoms with Gasteiger partial charge in [0.05, 0.1) is 12.8 Å². The summed E-state index contributed by atoms with van der Waals surface area (Å²) in [6.07, 6.45) is 1.77. The molecule has 1 N–H and O–H groups in total. The maximum absolute atomic E-state index is 13.3. The van der Waals surface area contributed by atoms with Gasteiger partial charge in [-0.1, -0.05) is 12.1 Å². The average Bonchev–Trinajstić information content (AvgIpc) is 2.46. The van der Waals surface area contributed by atoms with Crippen LogP contribution in [0.25, 0.3) is 0 Å². The van der Waals surface area contributed by atoms with Gasteiger partial charge in [0.1, 0.15) is 0 Å². The van der Waals surface area contributed by atoms with Gasteiger partial charge in [0.25, 0.3) is 0 Å². The maximum Gasteiger partial charge on any atom is 0.165 e. The zero-order valence-corrected chi connectivity index (χ0v) is 11.1. The van der Waals surface area contributed by atoms with Crippen LogP contribution in [0.15, 0.2) is 42.6 Å². The molecule has 1 heterocycles. The summed E-state index contributed by atoms with van der Waals surface area (Å²) >= 11 is 0. The minimum Gasteiger partial charge on any atom is -0.494 e. The molecular formula is C15H17FN2O. The van der Waals surface area contributed by atoms with Crippen LogP contribution in [0.4, 0.5) is 4.39 Å². The van der Waals surface area contributed by atoms with Gasteiger partial charge in [-0.25, -0.2) is 4.39 Å². The zero-order valence-electron chi connectivity index (χ0n) is 11.1. The lowest BCUT2D eigenvalue weighted by atomic mass is 10.1. The lowest BCUT2D eigenvalue weighted by molar-refractivity contribution is 0.385. The average molecular weight is 260 g/mol. The van der Waals surface area contributed by atoms with Crippen molar-refractivity contribution in [1.29, 1.82) is 0 Å². The molecule has 2 rings (SSSR count). The Morgan fingerprint density at radius 2 is 2.16 bits per heavy atom. The lowest BCUT2D eigenvalue weighted by Gasteiger charge is -2.15. The van der Waals surface area contributed by atoms with Gasteiger partial charge in [-0.2, -0.15) is 0 Å². The van der Waals surface area contributed by atoms with Crippen molar-refractivity contribution in [3.8, 4) is 5.75 Å². The van der Waals surface area contributed by atoms with E-state index in [1.807, 2.05) is 25.1 Å². The summed E-state index contributed by atoms with van der Waals surface area (Å²) in [5, 5.41) is 3.35. The van der Waals surface area contributed by atoms with Gasteiger partial charge < -0.3 is 10.1 Å². The number of benzene rings is 1. The van der Waals surface area contributed by atoms with E-state index < -0.39 is 0 Å². The number of aromatic nitrogens is 1. The van der Waals surface area contributed by atoms with Gasteiger partial charge in [0, 0.05) is 18.8 Å². The molecule has 3 nitrogen and oxygen atoms in total. The highest BCUT2D eigenvalue weighted by atomic mass is 19.1. The van der Waals surface area contributed by atoms with Gasteiger partial charge in [-0.3, -0.25) is 4.98 Å². The Morgan fingerprint density at radius 3 is 2.84 bits per heavy atom. The van der Waals surface area contributed by atoms with Crippen molar-refractivity contribution in [3.63, 3.8) is 0 Å². The topological polar surface area (TPSA) is 34.1 Å². The van der Waals surface area contributed by atoms with Crippen molar-refractivity contribution < 1.29 is 9.13 Å². The molecule has 4 heteroatoms. The van der Waals surface area contributed by atoms with E-state index in [1.165, 1.54) is 13.2 Å². The molecule has 0 spiro atoms. The Labute approximate surface area is 112 Å². The molecule has 19 heavy (non-hydrogen) atoms. The van der Waals surface area contributed by atoms with Crippen molar-refractivity contribution in [2.24, 2.45) is 0 Å². The van der Waals surface area contributed by atoms with Crippen LogP contribution in [0.1, 0.15) is 24.2 Å². The molecule has 1 aromatic carbocycles. The summed E-state index contributed by atoms with van der Waals surface area (Å²) in [4.78, 5) is 4.25. The summed E-state index contributed by atoms with van der Waals surface area (Å²) in [5.41, 5.74) is 1.96. The van der Waals surface area contributed by atoms with Crippen LogP contribution in [-0.4, -0.2) is 12.1 Å². The largest absolute Gasteiger partial charge is 0.494 e. The molecule has 0 bridgehead atoms. The third-order valence-corrected chi connectivity index (χ3v) is 2.99. The monoisotopic (exact) mass is 260 g/mol. The van der Waals surface area contributed by atoms with Crippen LogP contribution >= 0.6 is 0 Å². The van der Waals surface area contributed by atoms with Crippen LogP contribution < -0.4 is 10.1 Å². The zero-order chi connectivity index (χ0) is 13.7. The van der Waals surface area contributed by atoms with E-state index in [-0.39, 0.29) is 17.6 Å². The maximum atomic E-state index is 13.3. The van der Waals surface area contributed by atoms with Crippen LogP contribution in [0.2, 0.25) is 0 Å². The highest BCUT2D eigenvalue weighted by molar-refractivity contribution is 5.31. The number of ether oxygens (including phenoxy) is 1. The molecule has 0 aliphatic rings. The van der Waals surface area contributed by atoms with E-state index in [0.29, 0.717) is 6.54 Å². The molecule has 100 valence electrons. The Hall–Kier alpha value is -1.94. The van der Waals surface area contributed by atoms with E-state index in [9.17, 15) is 4.39 Å². The fourth-order valence-electron chi connectivity index (χ4n) is 1.82. The van der Waals surface area contributed by atoms with Crippen molar-refractivity contribution in [2.45, 2.75) is 19.5 Å². The van der Waals surface area contributed by atoms with Crippen LogP contribution in [-0.2, 0) is 6.54 Å². The fourth-order valence-corrected chi connectivity index (χ4v) is 1.82. The van der Waals surface area contributed by atoms with Crippen molar-refractivity contribution >= 4 is 0 Å². The quantitative estimate of drug-likeness (QED) is 0.897. The summed E-state index contributed by atoms with van der Waals surface area (Å²) in [6, 6.07) is 10.8. The van der Waals surface area contributed by atoms with E-state index >= 15 is 0 Å². The Bertz CT molecular complexity index is 531. The van der Waals surface area contributed by atoms with Crippen molar-refractivity contribution in [1.82, 2.24) is 10.3 Å².